The van der Waals surface area contributed by atoms with Gasteiger partial charge in [0.25, 0.3) is 0 Å². The van der Waals surface area contributed by atoms with Gasteiger partial charge in [-0.05, 0) is 19.9 Å². The average molecular weight is 259 g/mol. The van der Waals surface area contributed by atoms with Crippen LogP contribution in [-0.2, 0) is 5.60 Å². The summed E-state index contributed by atoms with van der Waals surface area (Å²) < 4.78 is 5.50. The van der Waals surface area contributed by atoms with Crippen molar-refractivity contribution >= 4 is 22.3 Å². The van der Waals surface area contributed by atoms with Crippen LogP contribution in [0.15, 0.2) is 40.3 Å². The monoisotopic (exact) mass is 259 g/mol. The van der Waals surface area contributed by atoms with Crippen LogP contribution in [0.4, 0.5) is 0 Å². The minimum Gasteiger partial charge on any atom is -0.464 e. The van der Waals surface area contributed by atoms with Crippen LogP contribution in [0.2, 0.25) is 0 Å². The van der Waals surface area contributed by atoms with Crippen LogP contribution < -0.4 is 0 Å². The highest BCUT2D eigenvalue weighted by Gasteiger charge is 2.21. The molecule has 0 unspecified atom stereocenters. The lowest BCUT2D eigenvalue weighted by atomic mass is 10.1. The number of fused-ring (bicyclic) bond motifs is 1. The van der Waals surface area contributed by atoms with Crippen molar-refractivity contribution in [3.63, 3.8) is 0 Å². The molecule has 1 aromatic carbocycles. The molecule has 3 nitrogen and oxygen atoms in total. The molecule has 2 heterocycles. The molecule has 0 fully saturated rings. The number of thiazole rings is 1. The first kappa shape index (κ1) is 11.4. The van der Waals surface area contributed by atoms with E-state index in [0.717, 1.165) is 21.5 Å². The van der Waals surface area contributed by atoms with E-state index in [4.69, 9.17) is 4.42 Å². The van der Waals surface area contributed by atoms with E-state index in [2.05, 4.69) is 4.98 Å². The lowest BCUT2D eigenvalue weighted by molar-refractivity contribution is 0.0746. The minimum absolute atomic E-state index is 0.688. The lowest BCUT2D eigenvalue weighted by Gasteiger charge is -2.12. The van der Waals surface area contributed by atoms with Gasteiger partial charge in [0.1, 0.15) is 22.5 Å². The molecule has 0 aliphatic carbocycles. The molecule has 0 radical (unpaired) electrons. The first-order valence-electron chi connectivity index (χ1n) is 5.71. The maximum Gasteiger partial charge on any atom is 0.134 e. The number of benzene rings is 1. The van der Waals surface area contributed by atoms with Crippen molar-refractivity contribution in [3.05, 3.63) is 41.6 Å². The molecule has 0 aliphatic heterocycles. The summed E-state index contributed by atoms with van der Waals surface area (Å²) in [4.78, 5) is 4.48. The number of aromatic nitrogens is 1. The van der Waals surface area contributed by atoms with Crippen molar-refractivity contribution in [3.8, 4) is 10.6 Å². The number of furan rings is 1. The Labute approximate surface area is 109 Å². The van der Waals surface area contributed by atoms with E-state index in [9.17, 15) is 5.11 Å². The van der Waals surface area contributed by atoms with E-state index in [1.165, 1.54) is 11.3 Å². The van der Waals surface area contributed by atoms with Crippen LogP contribution in [0.3, 0.4) is 0 Å². The Hall–Kier alpha value is -1.65. The standard InChI is InChI=1S/C14H13NO2S/c1-14(2,16)12-8-18-13(15-12)10-7-17-11-6-4-3-5-9(10)11/h3-8,16H,1-2H3. The van der Waals surface area contributed by atoms with E-state index in [0.29, 0.717) is 5.69 Å². The fraction of sp³-hybridized carbons (Fsp3) is 0.214. The van der Waals surface area contributed by atoms with E-state index < -0.39 is 5.60 Å². The summed E-state index contributed by atoms with van der Waals surface area (Å²) in [7, 11) is 0. The van der Waals surface area contributed by atoms with Crippen LogP contribution in [-0.4, -0.2) is 10.1 Å². The highest BCUT2D eigenvalue weighted by atomic mass is 32.1. The Morgan fingerprint density at radius 3 is 2.78 bits per heavy atom. The predicted octanol–water partition coefficient (Wildman–Crippen LogP) is 3.78. The number of para-hydroxylation sites is 1. The third kappa shape index (κ3) is 1.83. The number of aliphatic hydroxyl groups is 1. The molecular weight excluding hydrogens is 246 g/mol. The summed E-state index contributed by atoms with van der Waals surface area (Å²) in [6, 6.07) is 7.87. The number of rotatable bonds is 2. The molecule has 18 heavy (non-hydrogen) atoms. The Kier molecular flexibility index (Phi) is 2.50. The highest BCUT2D eigenvalue weighted by Crippen LogP contribution is 2.34. The minimum atomic E-state index is -0.908. The molecule has 0 amide bonds. The zero-order valence-corrected chi connectivity index (χ0v) is 11.0. The van der Waals surface area contributed by atoms with Crippen LogP contribution >= 0.6 is 11.3 Å². The van der Waals surface area contributed by atoms with Crippen molar-refractivity contribution in [2.24, 2.45) is 0 Å². The Morgan fingerprint density at radius 2 is 2.06 bits per heavy atom. The average Bonchev–Trinajstić information content (AvgIpc) is 2.94. The van der Waals surface area contributed by atoms with Gasteiger partial charge >= 0.3 is 0 Å². The topological polar surface area (TPSA) is 46.3 Å². The van der Waals surface area contributed by atoms with Gasteiger partial charge < -0.3 is 9.52 Å². The summed E-state index contributed by atoms with van der Waals surface area (Å²) >= 11 is 1.52. The maximum atomic E-state index is 9.93. The number of hydrogen-bond acceptors (Lipinski definition) is 4. The third-order valence-corrected chi connectivity index (χ3v) is 3.72. The van der Waals surface area contributed by atoms with Gasteiger partial charge in [0.05, 0.1) is 11.3 Å². The molecule has 0 spiro atoms. The second-order valence-corrected chi connectivity index (χ2v) is 5.60. The Morgan fingerprint density at radius 1 is 1.28 bits per heavy atom. The summed E-state index contributed by atoms with van der Waals surface area (Å²) in [5.41, 5.74) is 1.61. The summed E-state index contributed by atoms with van der Waals surface area (Å²) in [6.07, 6.45) is 1.72. The van der Waals surface area contributed by atoms with Crippen LogP contribution in [0.1, 0.15) is 19.5 Å². The largest absolute Gasteiger partial charge is 0.464 e. The van der Waals surface area contributed by atoms with E-state index >= 15 is 0 Å². The predicted molar refractivity (Wildman–Crippen MR) is 72.6 cm³/mol. The number of hydrogen-bond donors (Lipinski definition) is 1. The second-order valence-electron chi connectivity index (χ2n) is 4.74. The Bertz CT molecular complexity index is 691. The number of nitrogens with zero attached hydrogens (tertiary/aromatic N) is 1. The molecule has 0 atom stereocenters. The molecule has 0 saturated carbocycles. The van der Waals surface area contributed by atoms with E-state index in [1.807, 2.05) is 29.6 Å². The summed E-state index contributed by atoms with van der Waals surface area (Å²) in [6.45, 7) is 3.47. The molecule has 92 valence electrons. The van der Waals surface area contributed by atoms with E-state index in [-0.39, 0.29) is 0 Å². The van der Waals surface area contributed by atoms with Gasteiger partial charge in [-0.2, -0.15) is 0 Å². The van der Waals surface area contributed by atoms with Gasteiger partial charge in [-0.3, -0.25) is 0 Å². The molecule has 0 aliphatic rings. The zero-order chi connectivity index (χ0) is 12.8. The van der Waals surface area contributed by atoms with Gasteiger partial charge in [-0.1, -0.05) is 18.2 Å². The molecular formula is C14H13NO2S. The van der Waals surface area contributed by atoms with Crippen molar-refractivity contribution in [2.75, 3.05) is 0 Å². The highest BCUT2D eigenvalue weighted by molar-refractivity contribution is 7.13. The van der Waals surface area contributed by atoms with Crippen LogP contribution in [0.5, 0.6) is 0 Å². The van der Waals surface area contributed by atoms with E-state index in [1.54, 1.807) is 20.1 Å². The molecule has 0 bridgehead atoms. The van der Waals surface area contributed by atoms with Gasteiger partial charge in [-0.15, -0.1) is 11.3 Å². The normalized spacial score (nSPS) is 12.2. The zero-order valence-electron chi connectivity index (χ0n) is 10.2. The van der Waals surface area contributed by atoms with Gasteiger partial charge in [-0.25, -0.2) is 4.98 Å². The third-order valence-electron chi connectivity index (χ3n) is 2.84. The first-order chi connectivity index (χ1) is 8.55. The van der Waals surface area contributed by atoms with Crippen molar-refractivity contribution in [2.45, 2.75) is 19.4 Å². The van der Waals surface area contributed by atoms with Gasteiger partial charge in [0.2, 0.25) is 0 Å². The van der Waals surface area contributed by atoms with Crippen molar-refractivity contribution in [1.82, 2.24) is 4.98 Å². The summed E-state index contributed by atoms with van der Waals surface area (Å²) in [5.74, 6) is 0. The first-order valence-corrected chi connectivity index (χ1v) is 6.58. The van der Waals surface area contributed by atoms with Gasteiger partial charge in [0, 0.05) is 10.8 Å². The van der Waals surface area contributed by atoms with Crippen LogP contribution in [0.25, 0.3) is 21.5 Å². The SMILES string of the molecule is CC(C)(O)c1csc(-c2coc3ccccc23)n1. The summed E-state index contributed by atoms with van der Waals surface area (Å²) in [5, 5.41) is 13.7. The smallest absolute Gasteiger partial charge is 0.134 e. The Balaban J connectivity index is 2.13. The van der Waals surface area contributed by atoms with Gasteiger partial charge in [0.15, 0.2) is 0 Å². The molecule has 4 heteroatoms. The molecule has 3 aromatic rings. The maximum absolute atomic E-state index is 9.93. The molecule has 1 N–H and O–H groups in total. The van der Waals surface area contributed by atoms with Crippen LogP contribution in [0, 0.1) is 0 Å². The molecule has 2 aromatic heterocycles. The second kappa shape index (κ2) is 3.93. The van der Waals surface area contributed by atoms with Crippen molar-refractivity contribution < 1.29 is 9.52 Å². The fourth-order valence-electron chi connectivity index (χ4n) is 1.82. The van der Waals surface area contributed by atoms with Crippen molar-refractivity contribution in [1.29, 1.82) is 0 Å². The molecule has 0 saturated heterocycles. The molecule has 3 rings (SSSR count). The quantitative estimate of drug-likeness (QED) is 0.761. The lowest BCUT2D eigenvalue weighted by Crippen LogP contribution is -2.15. The fourth-order valence-corrected chi connectivity index (χ4v) is 2.82.